The van der Waals surface area contributed by atoms with Gasteiger partial charge in [0.1, 0.15) is 6.66 Å². The summed E-state index contributed by atoms with van der Waals surface area (Å²) in [5, 5.41) is 1.34. The summed E-state index contributed by atoms with van der Waals surface area (Å²) in [6, 6.07) is 8.33. The lowest BCUT2D eigenvalue weighted by molar-refractivity contribution is 1.52. The maximum atomic E-state index is 5.20. The SMILES string of the molecule is Cc1ccccc1[P+](C)=S. The molecule has 2 heteroatoms. The summed E-state index contributed by atoms with van der Waals surface area (Å²) < 4.78 is 0. The zero-order chi connectivity index (χ0) is 7.56. The topological polar surface area (TPSA) is 0 Å². The zero-order valence-electron chi connectivity index (χ0n) is 6.16. The molecule has 0 aliphatic heterocycles. The zero-order valence-corrected chi connectivity index (χ0v) is 7.88. The molecule has 0 fully saturated rings. The third-order valence-corrected chi connectivity index (χ3v) is 3.23. The van der Waals surface area contributed by atoms with Crippen molar-refractivity contribution in [1.29, 1.82) is 0 Å². The quantitative estimate of drug-likeness (QED) is 0.581. The molecule has 0 aromatic heterocycles. The van der Waals surface area contributed by atoms with Gasteiger partial charge in [0.25, 0.3) is 0 Å². The minimum atomic E-state index is -0.333. The lowest BCUT2D eigenvalue weighted by Gasteiger charge is -1.91. The van der Waals surface area contributed by atoms with Crippen LogP contribution in [0.25, 0.3) is 0 Å². The molecule has 0 bridgehead atoms. The fourth-order valence-corrected chi connectivity index (χ4v) is 2.40. The third-order valence-electron chi connectivity index (χ3n) is 1.45. The molecule has 0 heterocycles. The van der Waals surface area contributed by atoms with Crippen LogP contribution in [0.1, 0.15) is 5.56 Å². The van der Waals surface area contributed by atoms with E-state index >= 15 is 0 Å². The first-order valence-corrected chi connectivity index (χ1v) is 5.98. The molecule has 0 amide bonds. The summed E-state index contributed by atoms with van der Waals surface area (Å²) in [4.78, 5) is 0. The molecular weight excluding hydrogens is 159 g/mol. The second kappa shape index (κ2) is 3.23. The average molecular weight is 169 g/mol. The standard InChI is InChI=1S/C8H10PS/c1-7-5-3-4-6-8(7)9(2)10/h3-6H,1-2H3/q+1. The van der Waals surface area contributed by atoms with Gasteiger partial charge in [0.05, 0.1) is 0 Å². The molecule has 1 aromatic carbocycles. The van der Waals surface area contributed by atoms with Crippen molar-refractivity contribution in [3.05, 3.63) is 29.8 Å². The number of hydrogen-bond donors (Lipinski definition) is 0. The first kappa shape index (κ1) is 7.84. The summed E-state index contributed by atoms with van der Waals surface area (Å²) in [6.07, 6.45) is 0. The molecule has 0 saturated carbocycles. The van der Waals surface area contributed by atoms with Gasteiger partial charge < -0.3 is 0 Å². The number of aryl methyl sites for hydroxylation is 1. The highest BCUT2D eigenvalue weighted by molar-refractivity contribution is 8.08. The minimum absolute atomic E-state index is 0.333. The Labute approximate surface area is 67.7 Å². The largest absolute Gasteiger partial charge is 0.209 e. The van der Waals surface area contributed by atoms with Crippen LogP contribution in [0, 0.1) is 6.92 Å². The predicted octanol–water partition coefficient (Wildman–Crippen LogP) is 2.19. The van der Waals surface area contributed by atoms with Crippen molar-refractivity contribution in [3.8, 4) is 0 Å². The van der Waals surface area contributed by atoms with Crippen LogP contribution in [-0.2, 0) is 11.8 Å². The van der Waals surface area contributed by atoms with Gasteiger partial charge in [-0.25, -0.2) is 0 Å². The monoisotopic (exact) mass is 169 g/mol. The van der Waals surface area contributed by atoms with E-state index in [2.05, 4.69) is 25.7 Å². The minimum Gasteiger partial charge on any atom is -0.0617 e. The maximum absolute atomic E-state index is 5.20. The lowest BCUT2D eigenvalue weighted by atomic mass is 10.2. The molecule has 52 valence electrons. The van der Waals surface area contributed by atoms with Crippen molar-refractivity contribution in [1.82, 2.24) is 0 Å². The molecular formula is C8H10PS+. The maximum Gasteiger partial charge on any atom is 0.209 e. The van der Waals surface area contributed by atoms with E-state index in [-0.39, 0.29) is 6.70 Å². The summed E-state index contributed by atoms with van der Waals surface area (Å²) in [7, 11) is 0. The van der Waals surface area contributed by atoms with E-state index in [1.165, 1.54) is 10.9 Å². The van der Waals surface area contributed by atoms with Crippen LogP contribution in [0.3, 0.4) is 0 Å². The van der Waals surface area contributed by atoms with Crippen molar-refractivity contribution in [2.24, 2.45) is 0 Å². The number of hydrogen-bond acceptors (Lipinski definition) is 1. The molecule has 10 heavy (non-hydrogen) atoms. The van der Waals surface area contributed by atoms with Gasteiger partial charge in [0, 0.05) is 0 Å². The summed E-state index contributed by atoms with van der Waals surface area (Å²) in [5.41, 5.74) is 1.33. The highest BCUT2D eigenvalue weighted by Crippen LogP contribution is 2.15. The Hall–Kier alpha value is -0.260. The first-order chi connectivity index (χ1) is 4.72. The summed E-state index contributed by atoms with van der Waals surface area (Å²) >= 11 is 5.20. The van der Waals surface area contributed by atoms with E-state index in [4.69, 9.17) is 11.8 Å². The van der Waals surface area contributed by atoms with Crippen molar-refractivity contribution < 1.29 is 0 Å². The molecule has 0 nitrogen and oxygen atoms in total. The molecule has 1 aromatic rings. The van der Waals surface area contributed by atoms with Crippen molar-refractivity contribution in [2.45, 2.75) is 6.92 Å². The molecule has 0 radical (unpaired) electrons. The molecule has 0 aliphatic carbocycles. The van der Waals surface area contributed by atoms with Gasteiger partial charge >= 0.3 is 0 Å². The van der Waals surface area contributed by atoms with E-state index in [1.807, 2.05) is 12.1 Å². The van der Waals surface area contributed by atoms with Crippen LogP contribution in [0.2, 0.25) is 0 Å². The van der Waals surface area contributed by atoms with Crippen LogP contribution in [0.4, 0.5) is 0 Å². The Bertz CT molecular complexity index is 255. The summed E-state index contributed by atoms with van der Waals surface area (Å²) in [5.74, 6) is 0. The van der Waals surface area contributed by atoms with E-state index in [1.54, 1.807) is 0 Å². The van der Waals surface area contributed by atoms with Gasteiger partial charge in [0.2, 0.25) is 6.70 Å². The highest BCUT2D eigenvalue weighted by Gasteiger charge is 2.07. The van der Waals surface area contributed by atoms with Gasteiger partial charge in [0.15, 0.2) is 17.1 Å². The Morgan fingerprint density at radius 2 is 1.90 bits per heavy atom. The molecule has 0 N–H and O–H groups in total. The average Bonchev–Trinajstić information content (AvgIpc) is 1.88. The van der Waals surface area contributed by atoms with E-state index in [0.29, 0.717) is 0 Å². The molecule has 0 spiro atoms. The van der Waals surface area contributed by atoms with Crippen LogP contribution in [-0.4, -0.2) is 6.66 Å². The van der Waals surface area contributed by atoms with Crippen LogP contribution >= 0.6 is 6.70 Å². The van der Waals surface area contributed by atoms with Crippen molar-refractivity contribution in [3.63, 3.8) is 0 Å². The van der Waals surface area contributed by atoms with Crippen LogP contribution in [0.15, 0.2) is 24.3 Å². The van der Waals surface area contributed by atoms with Crippen molar-refractivity contribution in [2.75, 3.05) is 6.66 Å². The lowest BCUT2D eigenvalue weighted by Crippen LogP contribution is -1.98. The van der Waals surface area contributed by atoms with Gasteiger partial charge in [-0.3, -0.25) is 0 Å². The Balaban J connectivity index is 3.15. The van der Waals surface area contributed by atoms with Gasteiger partial charge in [-0.2, -0.15) is 0 Å². The molecule has 1 atom stereocenters. The van der Waals surface area contributed by atoms with E-state index in [0.717, 1.165) is 0 Å². The first-order valence-electron chi connectivity index (χ1n) is 3.18. The number of rotatable bonds is 1. The van der Waals surface area contributed by atoms with Crippen LogP contribution in [0.5, 0.6) is 0 Å². The van der Waals surface area contributed by atoms with Gasteiger partial charge in [-0.1, -0.05) is 18.2 Å². The molecule has 0 saturated heterocycles. The van der Waals surface area contributed by atoms with E-state index in [9.17, 15) is 0 Å². The molecule has 1 rings (SSSR count). The molecule has 0 aliphatic rings. The van der Waals surface area contributed by atoms with Crippen LogP contribution < -0.4 is 5.30 Å². The predicted molar refractivity (Wildman–Crippen MR) is 51.0 cm³/mol. The van der Waals surface area contributed by atoms with Crippen molar-refractivity contribution >= 4 is 23.8 Å². The smallest absolute Gasteiger partial charge is 0.0617 e. The summed E-state index contributed by atoms with van der Waals surface area (Å²) in [6.45, 7) is 3.88. The van der Waals surface area contributed by atoms with Gasteiger partial charge in [-0.05, 0) is 18.6 Å². The van der Waals surface area contributed by atoms with Gasteiger partial charge in [-0.15, -0.1) is 0 Å². The Morgan fingerprint density at radius 1 is 1.30 bits per heavy atom. The van der Waals surface area contributed by atoms with E-state index < -0.39 is 0 Å². The fourth-order valence-electron chi connectivity index (χ4n) is 0.917. The number of benzene rings is 1. The normalized spacial score (nSPS) is 11.2. The Morgan fingerprint density at radius 3 is 2.30 bits per heavy atom. The third kappa shape index (κ3) is 1.62. The second-order valence-electron chi connectivity index (χ2n) is 2.28. The highest BCUT2D eigenvalue weighted by atomic mass is 32.4. The fraction of sp³-hybridized carbons (Fsp3) is 0.250. The second-order valence-corrected chi connectivity index (χ2v) is 5.40. The Kier molecular flexibility index (Phi) is 2.53. The molecule has 1 unspecified atom stereocenters.